The highest BCUT2D eigenvalue weighted by Crippen LogP contribution is 2.50. The fourth-order valence-electron chi connectivity index (χ4n) is 4.79. The Balaban J connectivity index is 1.31. The standard InChI is InChI=1S/C23H27N5O/c1-29-20-9-22-25-12-19(28(22)13-17(20)15-5-6-15)18-3-2-4-21(27-18)26-16-10-23(7-8-23)14-24-11-16/h2-4,9,12-13,15-16,24H,5-8,10-11,14H2,1H3,(H,26,27). The number of rotatable bonds is 5. The summed E-state index contributed by atoms with van der Waals surface area (Å²) in [7, 11) is 1.74. The van der Waals surface area contributed by atoms with E-state index in [2.05, 4.69) is 44.4 Å². The van der Waals surface area contributed by atoms with E-state index in [0.29, 0.717) is 17.4 Å². The summed E-state index contributed by atoms with van der Waals surface area (Å²) < 4.78 is 7.77. The Morgan fingerprint density at radius 3 is 2.97 bits per heavy atom. The second-order valence-corrected chi connectivity index (χ2v) is 9.03. The van der Waals surface area contributed by atoms with Crippen LogP contribution >= 0.6 is 0 Å². The Morgan fingerprint density at radius 2 is 2.17 bits per heavy atom. The molecule has 1 atom stereocenters. The fraction of sp³-hybridized carbons (Fsp3) is 0.478. The highest BCUT2D eigenvalue weighted by Gasteiger charge is 2.45. The Labute approximate surface area is 170 Å². The molecule has 1 saturated heterocycles. The van der Waals surface area contributed by atoms with Crippen LogP contribution in [0.3, 0.4) is 0 Å². The molecule has 3 aliphatic rings. The van der Waals surface area contributed by atoms with E-state index in [0.717, 1.165) is 35.1 Å². The van der Waals surface area contributed by atoms with Gasteiger partial charge in [0.1, 0.15) is 17.2 Å². The van der Waals surface area contributed by atoms with Crippen LogP contribution in [0.15, 0.2) is 36.7 Å². The van der Waals surface area contributed by atoms with E-state index in [9.17, 15) is 0 Å². The monoisotopic (exact) mass is 389 g/mol. The number of fused-ring (bicyclic) bond motifs is 1. The predicted octanol–water partition coefficient (Wildman–Crippen LogP) is 3.84. The van der Waals surface area contributed by atoms with Gasteiger partial charge < -0.3 is 15.4 Å². The summed E-state index contributed by atoms with van der Waals surface area (Å²) in [5.74, 6) is 2.50. The number of piperidine rings is 1. The number of hydrogen-bond donors (Lipinski definition) is 2. The first-order valence-electron chi connectivity index (χ1n) is 10.7. The van der Waals surface area contributed by atoms with Crippen molar-refractivity contribution in [1.82, 2.24) is 19.7 Å². The molecule has 2 N–H and O–H groups in total. The average molecular weight is 390 g/mol. The van der Waals surface area contributed by atoms with Crippen LogP contribution in [0, 0.1) is 5.41 Å². The van der Waals surface area contributed by atoms with Crippen molar-refractivity contribution < 1.29 is 4.74 Å². The molecule has 6 nitrogen and oxygen atoms in total. The van der Waals surface area contributed by atoms with Gasteiger partial charge in [-0.2, -0.15) is 0 Å². The van der Waals surface area contributed by atoms with Gasteiger partial charge in [0.05, 0.1) is 24.7 Å². The SMILES string of the molecule is COc1cc2ncc(-c3cccc(NC4CNCC5(CC5)C4)n3)n2cc1C1CC1. The summed E-state index contributed by atoms with van der Waals surface area (Å²) in [4.78, 5) is 9.54. The van der Waals surface area contributed by atoms with E-state index in [1.165, 1.54) is 44.2 Å². The van der Waals surface area contributed by atoms with Crippen molar-refractivity contribution in [3.05, 3.63) is 42.2 Å². The molecule has 6 rings (SSSR count). The third-order valence-electron chi connectivity index (χ3n) is 6.77. The van der Waals surface area contributed by atoms with Crippen LogP contribution in [-0.4, -0.2) is 40.6 Å². The highest BCUT2D eigenvalue weighted by molar-refractivity contribution is 5.64. The van der Waals surface area contributed by atoms with Crippen LogP contribution in [0.1, 0.15) is 43.6 Å². The lowest BCUT2D eigenvalue weighted by atomic mass is 9.93. The number of nitrogens with one attached hydrogen (secondary N) is 2. The summed E-state index contributed by atoms with van der Waals surface area (Å²) in [6.45, 7) is 2.18. The van der Waals surface area contributed by atoms with Crippen LogP contribution in [0.5, 0.6) is 5.75 Å². The molecule has 3 fully saturated rings. The Bertz CT molecular complexity index is 1070. The Kier molecular flexibility index (Phi) is 3.85. The summed E-state index contributed by atoms with van der Waals surface area (Å²) in [5.41, 5.74) is 4.69. The maximum absolute atomic E-state index is 5.61. The van der Waals surface area contributed by atoms with Crippen LogP contribution in [0.25, 0.3) is 17.0 Å². The molecule has 150 valence electrons. The first-order chi connectivity index (χ1) is 14.2. The minimum absolute atomic E-state index is 0.446. The topological polar surface area (TPSA) is 63.5 Å². The zero-order valence-corrected chi connectivity index (χ0v) is 16.8. The highest BCUT2D eigenvalue weighted by atomic mass is 16.5. The van der Waals surface area contributed by atoms with Crippen molar-refractivity contribution in [1.29, 1.82) is 0 Å². The van der Waals surface area contributed by atoms with E-state index in [1.807, 2.05) is 12.3 Å². The molecule has 2 saturated carbocycles. The Hall–Kier alpha value is -2.60. The predicted molar refractivity (Wildman–Crippen MR) is 114 cm³/mol. The van der Waals surface area contributed by atoms with Gasteiger partial charge in [-0.25, -0.2) is 9.97 Å². The van der Waals surface area contributed by atoms with Crippen LogP contribution < -0.4 is 15.4 Å². The van der Waals surface area contributed by atoms with E-state index in [1.54, 1.807) is 7.11 Å². The molecule has 0 radical (unpaired) electrons. The number of hydrogen-bond acceptors (Lipinski definition) is 5. The summed E-state index contributed by atoms with van der Waals surface area (Å²) in [6, 6.07) is 8.71. The van der Waals surface area contributed by atoms with Gasteiger partial charge in [-0.05, 0) is 55.6 Å². The quantitative estimate of drug-likeness (QED) is 0.694. The molecule has 4 heterocycles. The summed E-state index contributed by atoms with van der Waals surface area (Å²) in [6.07, 6.45) is 10.5. The number of ether oxygens (including phenoxy) is 1. The summed E-state index contributed by atoms with van der Waals surface area (Å²) in [5, 5.41) is 7.25. The molecule has 0 aromatic carbocycles. The van der Waals surface area contributed by atoms with Crippen molar-refractivity contribution in [3.63, 3.8) is 0 Å². The average Bonchev–Trinajstić information content (AvgIpc) is 3.67. The van der Waals surface area contributed by atoms with Gasteiger partial charge in [0, 0.05) is 37.0 Å². The summed E-state index contributed by atoms with van der Waals surface area (Å²) >= 11 is 0. The second kappa shape index (κ2) is 6.46. The second-order valence-electron chi connectivity index (χ2n) is 9.03. The molecule has 1 spiro atoms. The smallest absolute Gasteiger partial charge is 0.140 e. The normalized spacial score (nSPS) is 22.7. The van der Waals surface area contributed by atoms with E-state index in [-0.39, 0.29) is 0 Å². The lowest BCUT2D eigenvalue weighted by Crippen LogP contribution is -2.44. The maximum Gasteiger partial charge on any atom is 0.140 e. The molecule has 29 heavy (non-hydrogen) atoms. The fourth-order valence-corrected chi connectivity index (χ4v) is 4.79. The molecule has 2 aliphatic carbocycles. The van der Waals surface area contributed by atoms with E-state index >= 15 is 0 Å². The van der Waals surface area contributed by atoms with Crippen molar-refractivity contribution in [2.24, 2.45) is 5.41 Å². The third kappa shape index (κ3) is 3.15. The van der Waals surface area contributed by atoms with Gasteiger partial charge >= 0.3 is 0 Å². The van der Waals surface area contributed by atoms with Crippen LogP contribution in [0.4, 0.5) is 5.82 Å². The van der Waals surface area contributed by atoms with E-state index in [4.69, 9.17) is 9.72 Å². The van der Waals surface area contributed by atoms with Gasteiger partial charge in [-0.1, -0.05) is 6.07 Å². The molecular formula is C23H27N5O. The third-order valence-corrected chi connectivity index (χ3v) is 6.77. The Morgan fingerprint density at radius 1 is 1.28 bits per heavy atom. The number of anilines is 1. The van der Waals surface area contributed by atoms with Gasteiger partial charge in [0.15, 0.2) is 0 Å². The molecule has 3 aromatic rings. The number of nitrogens with zero attached hydrogens (tertiary/aromatic N) is 3. The van der Waals surface area contributed by atoms with Crippen molar-refractivity contribution in [3.8, 4) is 17.1 Å². The lowest BCUT2D eigenvalue weighted by molar-refractivity contribution is 0.334. The molecular weight excluding hydrogens is 362 g/mol. The molecule has 1 aliphatic heterocycles. The van der Waals surface area contributed by atoms with Crippen molar-refractivity contribution in [2.45, 2.75) is 44.1 Å². The van der Waals surface area contributed by atoms with E-state index < -0.39 is 0 Å². The largest absolute Gasteiger partial charge is 0.496 e. The first-order valence-corrected chi connectivity index (χ1v) is 10.7. The maximum atomic E-state index is 5.61. The van der Waals surface area contributed by atoms with Gasteiger partial charge in [-0.15, -0.1) is 0 Å². The van der Waals surface area contributed by atoms with Crippen LogP contribution in [0.2, 0.25) is 0 Å². The molecule has 1 unspecified atom stereocenters. The zero-order chi connectivity index (χ0) is 19.4. The van der Waals surface area contributed by atoms with Gasteiger partial charge in [0.25, 0.3) is 0 Å². The number of imidazole rings is 1. The van der Waals surface area contributed by atoms with Crippen LogP contribution in [-0.2, 0) is 0 Å². The van der Waals surface area contributed by atoms with Crippen molar-refractivity contribution >= 4 is 11.5 Å². The first kappa shape index (κ1) is 17.3. The lowest BCUT2D eigenvalue weighted by Gasteiger charge is -2.31. The number of pyridine rings is 2. The number of aromatic nitrogens is 3. The minimum Gasteiger partial charge on any atom is -0.496 e. The number of methoxy groups -OCH3 is 1. The zero-order valence-electron chi connectivity index (χ0n) is 16.8. The van der Waals surface area contributed by atoms with Gasteiger partial charge in [-0.3, -0.25) is 4.40 Å². The molecule has 3 aromatic heterocycles. The minimum atomic E-state index is 0.446. The molecule has 0 bridgehead atoms. The molecule has 0 amide bonds. The van der Waals surface area contributed by atoms with Crippen molar-refractivity contribution in [2.75, 3.05) is 25.5 Å². The molecule has 6 heteroatoms. The van der Waals surface area contributed by atoms with Gasteiger partial charge in [0.2, 0.25) is 0 Å².